The van der Waals surface area contributed by atoms with Gasteiger partial charge in [-0.25, -0.2) is 0 Å². The van der Waals surface area contributed by atoms with Crippen LogP contribution in [0.5, 0.6) is 0 Å². The van der Waals surface area contributed by atoms with Gasteiger partial charge in [0.15, 0.2) is 5.78 Å². The van der Waals surface area contributed by atoms with E-state index in [1.165, 1.54) is 42.4 Å². The molecule has 4 aromatic rings. The summed E-state index contributed by atoms with van der Waals surface area (Å²) in [6.45, 7) is 11.0. The lowest BCUT2D eigenvalue weighted by Crippen LogP contribution is -2.13. The van der Waals surface area contributed by atoms with E-state index >= 15 is 0 Å². The second-order valence-electron chi connectivity index (χ2n) is 11.3. The van der Waals surface area contributed by atoms with Gasteiger partial charge in [0.05, 0.1) is 5.69 Å². The molecule has 1 N–H and O–H groups in total. The van der Waals surface area contributed by atoms with Crippen LogP contribution in [0.3, 0.4) is 0 Å². The fourth-order valence-electron chi connectivity index (χ4n) is 5.06. The first-order valence-corrected chi connectivity index (χ1v) is 13.7. The van der Waals surface area contributed by atoms with Crippen molar-refractivity contribution in [3.05, 3.63) is 84.1 Å². The lowest BCUT2D eigenvalue weighted by Gasteiger charge is -2.19. The highest BCUT2D eigenvalue weighted by Crippen LogP contribution is 2.37. The summed E-state index contributed by atoms with van der Waals surface area (Å²) in [6.07, 6.45) is 7.05. The van der Waals surface area contributed by atoms with Gasteiger partial charge in [-0.05, 0) is 46.2 Å². The molecule has 1 aromatic heterocycles. The molecule has 1 atom stereocenters. The summed E-state index contributed by atoms with van der Waals surface area (Å²) in [5.41, 5.74) is 7.70. The van der Waals surface area contributed by atoms with Crippen LogP contribution in [0.2, 0.25) is 0 Å². The molecule has 2 nitrogen and oxygen atoms in total. The molecular weight excluding hydrogens is 438 g/mol. The SMILES string of the molecule is CCCCCCCC(C)C(=O)c1[nH]c2ccc(-c3ccc(C(C)(C)C)cc3)cc2c1-c1ccccc1. The monoisotopic (exact) mass is 479 g/mol. The lowest BCUT2D eigenvalue weighted by atomic mass is 9.86. The second kappa shape index (κ2) is 11.3. The fraction of sp³-hybridized carbons (Fsp3) is 0.382. The molecule has 0 spiro atoms. The van der Waals surface area contributed by atoms with Crippen molar-refractivity contribution in [3.8, 4) is 22.3 Å². The Balaban J connectivity index is 1.71. The summed E-state index contributed by atoms with van der Waals surface area (Å²) in [7, 11) is 0. The minimum Gasteiger partial charge on any atom is -0.352 e. The Bertz CT molecular complexity index is 1290. The summed E-state index contributed by atoms with van der Waals surface area (Å²) in [5.74, 6) is 0.225. The average molecular weight is 480 g/mol. The molecule has 4 rings (SSSR count). The van der Waals surface area contributed by atoms with Crippen LogP contribution in [-0.4, -0.2) is 10.8 Å². The van der Waals surface area contributed by atoms with Crippen LogP contribution in [0.4, 0.5) is 0 Å². The van der Waals surface area contributed by atoms with Gasteiger partial charge < -0.3 is 4.98 Å². The van der Waals surface area contributed by atoms with E-state index in [9.17, 15) is 4.79 Å². The van der Waals surface area contributed by atoms with E-state index in [-0.39, 0.29) is 17.1 Å². The Hall–Kier alpha value is -3.13. The molecule has 0 amide bonds. The van der Waals surface area contributed by atoms with E-state index < -0.39 is 0 Å². The van der Waals surface area contributed by atoms with Gasteiger partial charge in [0, 0.05) is 22.4 Å². The van der Waals surface area contributed by atoms with E-state index in [0.29, 0.717) is 0 Å². The predicted molar refractivity (Wildman–Crippen MR) is 155 cm³/mol. The first-order valence-electron chi connectivity index (χ1n) is 13.7. The molecule has 36 heavy (non-hydrogen) atoms. The summed E-state index contributed by atoms with van der Waals surface area (Å²) in [5, 5.41) is 1.11. The number of hydrogen-bond donors (Lipinski definition) is 1. The van der Waals surface area contributed by atoms with Crippen molar-refractivity contribution in [1.82, 2.24) is 4.98 Å². The van der Waals surface area contributed by atoms with Gasteiger partial charge in [0.2, 0.25) is 0 Å². The molecule has 0 fully saturated rings. The fourth-order valence-corrected chi connectivity index (χ4v) is 5.06. The van der Waals surface area contributed by atoms with Gasteiger partial charge in [0.25, 0.3) is 0 Å². The third kappa shape index (κ3) is 5.81. The third-order valence-electron chi connectivity index (χ3n) is 7.38. The number of aromatic nitrogens is 1. The largest absolute Gasteiger partial charge is 0.352 e. The van der Waals surface area contributed by atoms with Crippen LogP contribution in [0.25, 0.3) is 33.2 Å². The van der Waals surface area contributed by atoms with Crippen molar-refractivity contribution >= 4 is 16.7 Å². The maximum Gasteiger partial charge on any atom is 0.182 e. The van der Waals surface area contributed by atoms with Crippen molar-refractivity contribution < 1.29 is 4.79 Å². The molecule has 0 bridgehead atoms. The van der Waals surface area contributed by atoms with Crippen LogP contribution in [0, 0.1) is 5.92 Å². The molecule has 3 aromatic carbocycles. The molecule has 1 heterocycles. The van der Waals surface area contributed by atoms with Gasteiger partial charge in [-0.2, -0.15) is 0 Å². The molecule has 0 aliphatic rings. The number of Topliss-reactive ketones (excluding diaryl/α,β-unsaturated/α-hetero) is 1. The lowest BCUT2D eigenvalue weighted by molar-refractivity contribution is 0.0918. The number of nitrogens with one attached hydrogen (secondary N) is 1. The Morgan fingerprint density at radius 3 is 2.14 bits per heavy atom. The quantitative estimate of drug-likeness (QED) is 0.178. The summed E-state index contributed by atoms with van der Waals surface area (Å²) < 4.78 is 0. The van der Waals surface area contributed by atoms with Gasteiger partial charge >= 0.3 is 0 Å². The normalized spacial score (nSPS) is 12.7. The molecule has 0 aliphatic carbocycles. The summed E-state index contributed by atoms with van der Waals surface area (Å²) in [6, 6.07) is 25.8. The van der Waals surface area contributed by atoms with Crippen LogP contribution < -0.4 is 0 Å². The van der Waals surface area contributed by atoms with E-state index in [4.69, 9.17) is 0 Å². The Labute approximate surface area is 217 Å². The maximum absolute atomic E-state index is 13.7. The zero-order valence-electron chi connectivity index (χ0n) is 22.7. The number of carbonyl (C=O) groups is 1. The number of hydrogen-bond acceptors (Lipinski definition) is 1. The van der Waals surface area contributed by atoms with Gasteiger partial charge in [-0.15, -0.1) is 0 Å². The smallest absolute Gasteiger partial charge is 0.182 e. The average Bonchev–Trinajstić information content (AvgIpc) is 3.27. The van der Waals surface area contributed by atoms with Crippen LogP contribution >= 0.6 is 0 Å². The number of ketones is 1. The molecular formula is C34H41NO. The van der Waals surface area contributed by atoms with E-state index in [0.717, 1.165) is 40.6 Å². The molecule has 0 aliphatic heterocycles. The molecule has 1 unspecified atom stereocenters. The van der Waals surface area contributed by atoms with E-state index in [2.05, 4.69) is 106 Å². The molecule has 188 valence electrons. The molecule has 0 saturated heterocycles. The highest BCUT2D eigenvalue weighted by molar-refractivity contribution is 6.11. The first-order chi connectivity index (χ1) is 17.3. The summed E-state index contributed by atoms with van der Waals surface area (Å²) in [4.78, 5) is 17.2. The number of fused-ring (bicyclic) bond motifs is 1. The topological polar surface area (TPSA) is 32.9 Å². The molecule has 2 heteroatoms. The van der Waals surface area contributed by atoms with Crippen LogP contribution in [0.1, 0.15) is 89.2 Å². The van der Waals surface area contributed by atoms with Crippen molar-refractivity contribution in [3.63, 3.8) is 0 Å². The molecule has 0 radical (unpaired) electrons. The Morgan fingerprint density at radius 2 is 1.47 bits per heavy atom. The number of benzene rings is 3. The van der Waals surface area contributed by atoms with E-state index in [1.807, 2.05) is 6.07 Å². The van der Waals surface area contributed by atoms with Crippen LogP contribution in [-0.2, 0) is 5.41 Å². The number of unbranched alkanes of at least 4 members (excludes halogenated alkanes) is 4. The zero-order chi connectivity index (χ0) is 25.7. The second-order valence-corrected chi connectivity index (χ2v) is 11.3. The highest BCUT2D eigenvalue weighted by Gasteiger charge is 2.23. The van der Waals surface area contributed by atoms with Crippen molar-refractivity contribution in [2.45, 2.75) is 78.6 Å². The first kappa shape index (κ1) is 25.9. The van der Waals surface area contributed by atoms with E-state index in [1.54, 1.807) is 0 Å². The van der Waals surface area contributed by atoms with Crippen molar-refractivity contribution in [2.75, 3.05) is 0 Å². The third-order valence-corrected chi connectivity index (χ3v) is 7.38. The van der Waals surface area contributed by atoms with Gasteiger partial charge in [-0.1, -0.05) is 127 Å². The number of rotatable bonds is 10. The van der Waals surface area contributed by atoms with Crippen molar-refractivity contribution in [2.24, 2.45) is 5.92 Å². The number of aromatic amines is 1. The zero-order valence-corrected chi connectivity index (χ0v) is 22.7. The van der Waals surface area contributed by atoms with Gasteiger partial charge in [0.1, 0.15) is 0 Å². The molecule has 0 saturated carbocycles. The van der Waals surface area contributed by atoms with Crippen molar-refractivity contribution in [1.29, 1.82) is 0 Å². The standard InChI is InChI=1S/C34H41NO/c1-6-7-8-9-11-14-24(2)33(36)32-31(26-15-12-10-13-16-26)29-23-27(19-22-30(29)35-32)25-17-20-28(21-18-25)34(3,4)5/h10,12-13,15-24,35H,6-9,11,14H2,1-5H3. The predicted octanol–water partition coefficient (Wildman–Crippen LogP) is 9.98. The Morgan fingerprint density at radius 1 is 0.806 bits per heavy atom. The Kier molecular flexibility index (Phi) is 8.14. The minimum absolute atomic E-state index is 0.00608. The van der Waals surface area contributed by atoms with Crippen LogP contribution in [0.15, 0.2) is 72.8 Å². The number of H-pyrrole nitrogens is 1. The van der Waals surface area contributed by atoms with Gasteiger partial charge in [-0.3, -0.25) is 4.79 Å². The summed E-state index contributed by atoms with van der Waals surface area (Å²) >= 11 is 0. The maximum atomic E-state index is 13.7. The highest BCUT2D eigenvalue weighted by atomic mass is 16.1. The minimum atomic E-state index is 0.00608. The number of carbonyl (C=O) groups excluding carboxylic acids is 1.